The van der Waals surface area contributed by atoms with Crippen LogP contribution in [0, 0.1) is 5.82 Å². The molecule has 2 heterocycles. The lowest BCUT2D eigenvalue weighted by molar-refractivity contribution is -0.914. The van der Waals surface area contributed by atoms with Crippen molar-refractivity contribution in [3.8, 4) is 17.2 Å². The Morgan fingerprint density at radius 3 is 2.42 bits per heavy atom. The van der Waals surface area contributed by atoms with E-state index in [1.807, 2.05) is 18.2 Å². The van der Waals surface area contributed by atoms with Crippen molar-refractivity contribution in [3.63, 3.8) is 0 Å². The van der Waals surface area contributed by atoms with E-state index in [-0.39, 0.29) is 18.4 Å². The highest BCUT2D eigenvalue weighted by molar-refractivity contribution is 5.51. The smallest absolute Gasteiger partial charge is 0.231 e. The molecule has 5 nitrogen and oxygen atoms in total. The number of piperazine rings is 1. The third-order valence-electron chi connectivity index (χ3n) is 4.68. The predicted octanol–water partition coefficient (Wildman–Crippen LogP) is 1.17. The first-order chi connectivity index (χ1) is 11.7. The van der Waals surface area contributed by atoms with E-state index >= 15 is 0 Å². The summed E-state index contributed by atoms with van der Waals surface area (Å²) >= 11 is 0. The molecule has 4 rings (SSSR count). The van der Waals surface area contributed by atoms with Crippen LogP contribution in [0.1, 0.15) is 5.56 Å². The molecule has 0 amide bonds. The minimum Gasteiger partial charge on any atom is -0.507 e. The molecule has 0 bridgehead atoms. The van der Waals surface area contributed by atoms with Gasteiger partial charge in [-0.15, -0.1) is 0 Å². The minimum absolute atomic E-state index is 0.207. The number of rotatable bonds is 3. The first kappa shape index (κ1) is 15.1. The number of hydrogen-bond donors (Lipinski definition) is 2. The van der Waals surface area contributed by atoms with Gasteiger partial charge in [-0.2, -0.15) is 0 Å². The molecule has 1 saturated heterocycles. The Kier molecular flexibility index (Phi) is 3.90. The normalized spacial score (nSPS) is 17.3. The third kappa shape index (κ3) is 2.97. The molecule has 2 aromatic carbocycles. The van der Waals surface area contributed by atoms with Crippen molar-refractivity contribution in [2.75, 3.05) is 37.9 Å². The molecular weight excluding hydrogens is 311 g/mol. The highest BCUT2D eigenvalue weighted by Gasteiger charge is 2.23. The van der Waals surface area contributed by atoms with Crippen LogP contribution in [0.15, 0.2) is 36.4 Å². The topological polar surface area (TPSA) is 46.4 Å². The Morgan fingerprint density at radius 1 is 1.04 bits per heavy atom. The van der Waals surface area contributed by atoms with E-state index in [1.54, 1.807) is 6.07 Å². The minimum atomic E-state index is -0.207. The van der Waals surface area contributed by atoms with E-state index in [4.69, 9.17) is 9.47 Å². The van der Waals surface area contributed by atoms with Crippen molar-refractivity contribution >= 4 is 5.69 Å². The first-order valence-electron chi connectivity index (χ1n) is 8.14. The van der Waals surface area contributed by atoms with Gasteiger partial charge in [0.25, 0.3) is 0 Å². The molecule has 2 N–H and O–H groups in total. The number of phenolic OH excluding ortho intramolecular Hbond substituents is 1. The average Bonchev–Trinajstić information content (AvgIpc) is 3.04. The number of nitrogens with zero attached hydrogens (tertiary/aromatic N) is 1. The van der Waals surface area contributed by atoms with Crippen molar-refractivity contribution < 1.29 is 23.9 Å². The molecule has 1 fully saturated rings. The molecule has 0 atom stereocenters. The van der Waals surface area contributed by atoms with Gasteiger partial charge in [-0.3, -0.25) is 0 Å². The fourth-order valence-electron chi connectivity index (χ4n) is 3.29. The summed E-state index contributed by atoms with van der Waals surface area (Å²) in [6.45, 7) is 4.70. The number of anilines is 1. The van der Waals surface area contributed by atoms with Crippen LogP contribution in [-0.2, 0) is 6.54 Å². The first-order valence-corrected chi connectivity index (χ1v) is 8.14. The Bertz CT molecular complexity index is 728. The van der Waals surface area contributed by atoms with Crippen molar-refractivity contribution in [3.05, 3.63) is 47.8 Å². The van der Waals surface area contributed by atoms with Gasteiger partial charge in [0.1, 0.15) is 18.1 Å². The zero-order chi connectivity index (χ0) is 16.5. The van der Waals surface area contributed by atoms with E-state index in [0.717, 1.165) is 44.0 Å². The van der Waals surface area contributed by atoms with Crippen molar-refractivity contribution in [1.29, 1.82) is 0 Å². The van der Waals surface area contributed by atoms with Crippen molar-refractivity contribution in [1.82, 2.24) is 0 Å². The summed E-state index contributed by atoms with van der Waals surface area (Å²) in [5.74, 6) is 1.36. The van der Waals surface area contributed by atoms with Gasteiger partial charge >= 0.3 is 0 Å². The van der Waals surface area contributed by atoms with Crippen molar-refractivity contribution in [2.24, 2.45) is 0 Å². The van der Waals surface area contributed by atoms with Gasteiger partial charge in [-0.1, -0.05) is 0 Å². The summed E-state index contributed by atoms with van der Waals surface area (Å²) in [7, 11) is 0. The maximum Gasteiger partial charge on any atom is 0.231 e. The molecule has 0 aromatic heterocycles. The zero-order valence-corrected chi connectivity index (χ0v) is 13.3. The van der Waals surface area contributed by atoms with Crippen LogP contribution in [0.5, 0.6) is 17.2 Å². The molecule has 0 radical (unpaired) electrons. The summed E-state index contributed by atoms with van der Waals surface area (Å²) in [4.78, 5) is 3.67. The third-order valence-corrected chi connectivity index (χ3v) is 4.68. The lowest BCUT2D eigenvalue weighted by Gasteiger charge is -2.33. The molecule has 6 heteroatoms. The molecule has 126 valence electrons. The monoisotopic (exact) mass is 331 g/mol. The van der Waals surface area contributed by atoms with E-state index < -0.39 is 0 Å². The number of halogens is 1. The van der Waals surface area contributed by atoms with Gasteiger partial charge in [0.2, 0.25) is 6.79 Å². The van der Waals surface area contributed by atoms with Crippen LogP contribution in [-0.4, -0.2) is 38.1 Å². The van der Waals surface area contributed by atoms with Gasteiger partial charge in [0.15, 0.2) is 11.5 Å². The summed E-state index contributed by atoms with van der Waals surface area (Å²) in [6, 6.07) is 10.1. The van der Waals surface area contributed by atoms with Gasteiger partial charge in [-0.05, 0) is 30.3 Å². The molecule has 0 saturated carbocycles. The van der Waals surface area contributed by atoms with E-state index in [9.17, 15) is 9.50 Å². The SMILES string of the molecule is Oc1cc2c(cc1C[NH+]1CCN(c3ccc(F)cc3)CC1)OCO2. The number of aromatic hydroxyl groups is 1. The van der Waals surface area contributed by atoms with Crippen molar-refractivity contribution in [2.45, 2.75) is 6.54 Å². The molecular formula is C18H20FN2O3+. The Hall–Kier alpha value is -2.47. The van der Waals surface area contributed by atoms with E-state index in [0.29, 0.717) is 11.5 Å². The van der Waals surface area contributed by atoms with Gasteiger partial charge in [0, 0.05) is 11.8 Å². The van der Waals surface area contributed by atoms with Gasteiger partial charge < -0.3 is 24.4 Å². The second kappa shape index (κ2) is 6.20. The second-order valence-electron chi connectivity index (χ2n) is 6.22. The Labute approximate surface area is 139 Å². The van der Waals surface area contributed by atoms with Gasteiger partial charge in [-0.25, -0.2) is 4.39 Å². The van der Waals surface area contributed by atoms with Crippen LogP contribution < -0.4 is 19.3 Å². The number of quaternary nitrogens is 1. The highest BCUT2D eigenvalue weighted by Crippen LogP contribution is 2.37. The van der Waals surface area contributed by atoms with Crippen LogP contribution >= 0.6 is 0 Å². The molecule has 2 aliphatic heterocycles. The maximum absolute atomic E-state index is 13.0. The fourth-order valence-corrected chi connectivity index (χ4v) is 3.29. The standard InChI is InChI=1S/C18H19FN2O3/c19-14-1-3-15(4-2-14)21-7-5-20(6-8-21)11-13-9-17-18(10-16(13)22)24-12-23-17/h1-4,9-10,22H,5-8,11-12H2/p+1. The number of fused-ring (bicyclic) bond motifs is 1. The number of phenols is 1. The molecule has 0 aliphatic carbocycles. The molecule has 0 unspecified atom stereocenters. The Morgan fingerprint density at radius 2 is 1.71 bits per heavy atom. The van der Waals surface area contributed by atoms with Crippen LogP contribution in [0.2, 0.25) is 0 Å². The summed E-state index contributed by atoms with van der Waals surface area (Å²) in [6.07, 6.45) is 0. The van der Waals surface area contributed by atoms with E-state index in [2.05, 4.69) is 4.90 Å². The number of nitrogens with one attached hydrogen (secondary N) is 1. The van der Waals surface area contributed by atoms with Crippen LogP contribution in [0.4, 0.5) is 10.1 Å². The maximum atomic E-state index is 13.0. The number of hydrogen-bond acceptors (Lipinski definition) is 4. The lowest BCUT2D eigenvalue weighted by Crippen LogP contribution is -3.13. The number of benzene rings is 2. The van der Waals surface area contributed by atoms with Crippen LogP contribution in [0.25, 0.3) is 0 Å². The summed E-state index contributed by atoms with van der Waals surface area (Å²) in [5.41, 5.74) is 1.94. The van der Waals surface area contributed by atoms with E-state index in [1.165, 1.54) is 17.0 Å². The summed E-state index contributed by atoms with van der Waals surface area (Å²) in [5, 5.41) is 10.2. The predicted molar refractivity (Wildman–Crippen MR) is 87.2 cm³/mol. The molecule has 24 heavy (non-hydrogen) atoms. The average molecular weight is 331 g/mol. The summed E-state index contributed by atoms with van der Waals surface area (Å²) < 4.78 is 23.7. The fraction of sp³-hybridized carbons (Fsp3) is 0.333. The number of ether oxygens (including phenoxy) is 2. The molecule has 2 aromatic rings. The highest BCUT2D eigenvalue weighted by atomic mass is 19.1. The van der Waals surface area contributed by atoms with Crippen LogP contribution in [0.3, 0.4) is 0 Å². The zero-order valence-electron chi connectivity index (χ0n) is 13.3. The lowest BCUT2D eigenvalue weighted by atomic mass is 10.1. The quantitative estimate of drug-likeness (QED) is 0.886. The Balaban J connectivity index is 1.39. The van der Waals surface area contributed by atoms with Gasteiger partial charge in [0.05, 0.1) is 31.7 Å². The molecule has 2 aliphatic rings. The largest absolute Gasteiger partial charge is 0.507 e. The second-order valence-corrected chi connectivity index (χ2v) is 6.22. The molecule has 0 spiro atoms.